The standard InChI is InChI=1S/C15H18N6O3/c22-12(7-10-8-13(23)19-20-14(10)24)18-11-3-1-6-21(9-11)15-16-4-2-5-17-15/h2,4-5,8,11H,1,3,6-7,9H2,(H,18,22)(H,19,23)(H,20,24)/t11-/m0/s1. The molecule has 9 heteroatoms. The molecule has 1 aliphatic heterocycles. The molecule has 0 bridgehead atoms. The molecule has 0 aliphatic carbocycles. The molecule has 2 aromatic heterocycles. The molecule has 0 unspecified atom stereocenters. The Hall–Kier alpha value is -2.97. The average Bonchev–Trinajstić information content (AvgIpc) is 2.59. The van der Waals surface area contributed by atoms with Crippen LogP contribution in [0.3, 0.4) is 0 Å². The van der Waals surface area contributed by atoms with E-state index in [-0.39, 0.29) is 23.9 Å². The zero-order chi connectivity index (χ0) is 16.9. The number of amides is 1. The second-order valence-corrected chi connectivity index (χ2v) is 5.69. The van der Waals surface area contributed by atoms with Crippen LogP contribution in [0, 0.1) is 0 Å². The molecule has 0 saturated carbocycles. The van der Waals surface area contributed by atoms with Crippen LogP contribution < -0.4 is 21.3 Å². The minimum absolute atomic E-state index is 0.0452. The van der Waals surface area contributed by atoms with Crippen LogP contribution in [-0.2, 0) is 11.2 Å². The van der Waals surface area contributed by atoms with Gasteiger partial charge in [-0.2, -0.15) is 0 Å². The molecule has 1 fully saturated rings. The lowest BCUT2D eigenvalue weighted by atomic mass is 10.1. The summed E-state index contributed by atoms with van der Waals surface area (Å²) < 4.78 is 0. The van der Waals surface area contributed by atoms with Crippen LogP contribution in [0.1, 0.15) is 18.4 Å². The van der Waals surface area contributed by atoms with Crippen molar-refractivity contribution in [3.8, 4) is 0 Å². The molecule has 3 heterocycles. The lowest BCUT2D eigenvalue weighted by Gasteiger charge is -2.33. The molecule has 0 radical (unpaired) electrons. The highest BCUT2D eigenvalue weighted by atomic mass is 16.2. The summed E-state index contributed by atoms with van der Waals surface area (Å²) in [6.45, 7) is 1.45. The fourth-order valence-electron chi connectivity index (χ4n) is 2.77. The lowest BCUT2D eigenvalue weighted by Crippen LogP contribution is -2.48. The number of hydrogen-bond donors (Lipinski definition) is 3. The van der Waals surface area contributed by atoms with Crippen molar-refractivity contribution < 1.29 is 4.79 Å². The van der Waals surface area contributed by atoms with Crippen molar-refractivity contribution in [2.24, 2.45) is 0 Å². The lowest BCUT2D eigenvalue weighted by molar-refractivity contribution is -0.121. The summed E-state index contributed by atoms with van der Waals surface area (Å²) in [7, 11) is 0. The topological polar surface area (TPSA) is 124 Å². The first-order chi connectivity index (χ1) is 11.6. The molecule has 1 aliphatic rings. The second kappa shape index (κ2) is 7.07. The van der Waals surface area contributed by atoms with Gasteiger partial charge in [0.2, 0.25) is 11.9 Å². The average molecular weight is 330 g/mol. The number of H-pyrrole nitrogens is 2. The summed E-state index contributed by atoms with van der Waals surface area (Å²) in [5.41, 5.74) is -0.759. The predicted octanol–water partition coefficient (Wildman–Crippen LogP) is -0.819. The molecular formula is C15H18N6O3. The van der Waals surface area contributed by atoms with Crippen LogP contribution in [0.4, 0.5) is 5.95 Å². The van der Waals surface area contributed by atoms with E-state index in [4.69, 9.17) is 0 Å². The second-order valence-electron chi connectivity index (χ2n) is 5.69. The maximum absolute atomic E-state index is 12.2. The van der Waals surface area contributed by atoms with E-state index in [0.717, 1.165) is 25.5 Å². The van der Waals surface area contributed by atoms with Gasteiger partial charge in [-0.3, -0.25) is 24.6 Å². The number of nitrogens with one attached hydrogen (secondary N) is 3. The maximum Gasteiger partial charge on any atom is 0.266 e. The van der Waals surface area contributed by atoms with Gasteiger partial charge in [-0.05, 0) is 18.9 Å². The molecule has 3 N–H and O–H groups in total. The van der Waals surface area contributed by atoms with E-state index in [2.05, 4.69) is 25.5 Å². The molecule has 2 aromatic rings. The predicted molar refractivity (Wildman–Crippen MR) is 86.8 cm³/mol. The summed E-state index contributed by atoms with van der Waals surface area (Å²) in [5, 5.41) is 7.29. The van der Waals surface area contributed by atoms with Crippen molar-refractivity contribution in [2.75, 3.05) is 18.0 Å². The smallest absolute Gasteiger partial charge is 0.266 e. The van der Waals surface area contributed by atoms with Crippen molar-refractivity contribution in [3.63, 3.8) is 0 Å². The summed E-state index contributed by atoms with van der Waals surface area (Å²) >= 11 is 0. The Morgan fingerprint density at radius 2 is 2.08 bits per heavy atom. The van der Waals surface area contributed by atoms with E-state index >= 15 is 0 Å². The number of carbonyl (C=O) groups excluding carboxylic acids is 1. The van der Waals surface area contributed by atoms with E-state index in [1.807, 2.05) is 4.90 Å². The van der Waals surface area contributed by atoms with Crippen molar-refractivity contribution in [3.05, 3.63) is 50.8 Å². The summed E-state index contributed by atoms with van der Waals surface area (Å²) in [6, 6.07) is 2.85. The SMILES string of the molecule is O=C(Cc1cc(=O)[nH][nH]c1=O)N[C@H]1CCCN(c2ncccn2)C1. The molecule has 126 valence electrons. The van der Waals surface area contributed by atoms with Crippen molar-refractivity contribution >= 4 is 11.9 Å². The number of aromatic amines is 2. The first-order valence-electron chi connectivity index (χ1n) is 7.74. The molecule has 0 aromatic carbocycles. The van der Waals surface area contributed by atoms with E-state index in [1.165, 1.54) is 0 Å². The molecule has 3 rings (SSSR count). The van der Waals surface area contributed by atoms with Gasteiger partial charge in [0.15, 0.2) is 0 Å². The summed E-state index contributed by atoms with van der Waals surface area (Å²) in [4.78, 5) is 45.5. The first kappa shape index (κ1) is 15.9. The zero-order valence-corrected chi connectivity index (χ0v) is 13.0. The zero-order valence-electron chi connectivity index (χ0n) is 13.0. The Bertz CT molecular complexity index is 816. The Balaban J connectivity index is 1.61. The Labute approximate surface area is 137 Å². The largest absolute Gasteiger partial charge is 0.351 e. The number of carbonyl (C=O) groups is 1. The van der Waals surface area contributed by atoms with Crippen LogP contribution in [0.2, 0.25) is 0 Å². The Morgan fingerprint density at radius 3 is 2.88 bits per heavy atom. The third kappa shape index (κ3) is 3.86. The van der Waals surface area contributed by atoms with Gasteiger partial charge in [-0.25, -0.2) is 9.97 Å². The number of piperidine rings is 1. The highest BCUT2D eigenvalue weighted by Crippen LogP contribution is 2.15. The quantitative estimate of drug-likeness (QED) is 0.673. The molecule has 1 amide bonds. The van der Waals surface area contributed by atoms with Crippen LogP contribution >= 0.6 is 0 Å². The van der Waals surface area contributed by atoms with Gasteiger partial charge >= 0.3 is 0 Å². The van der Waals surface area contributed by atoms with E-state index in [9.17, 15) is 14.4 Å². The fraction of sp³-hybridized carbons (Fsp3) is 0.400. The number of nitrogens with zero attached hydrogens (tertiary/aromatic N) is 3. The molecule has 1 atom stereocenters. The maximum atomic E-state index is 12.2. The van der Waals surface area contributed by atoms with Gasteiger partial charge in [0, 0.05) is 43.2 Å². The number of anilines is 1. The fourth-order valence-corrected chi connectivity index (χ4v) is 2.77. The highest BCUT2D eigenvalue weighted by Gasteiger charge is 2.23. The van der Waals surface area contributed by atoms with Gasteiger partial charge < -0.3 is 10.2 Å². The number of hydrogen-bond acceptors (Lipinski definition) is 6. The number of aromatic nitrogens is 4. The first-order valence-corrected chi connectivity index (χ1v) is 7.74. The van der Waals surface area contributed by atoms with Crippen molar-refractivity contribution in [1.29, 1.82) is 0 Å². The van der Waals surface area contributed by atoms with Crippen LogP contribution in [0.5, 0.6) is 0 Å². The molecule has 9 nitrogen and oxygen atoms in total. The van der Waals surface area contributed by atoms with Crippen molar-refractivity contribution in [2.45, 2.75) is 25.3 Å². The van der Waals surface area contributed by atoms with E-state index in [1.54, 1.807) is 18.5 Å². The Morgan fingerprint density at radius 1 is 1.29 bits per heavy atom. The summed E-state index contributed by atoms with van der Waals surface area (Å²) in [5.74, 6) is 0.356. The molecule has 0 spiro atoms. The van der Waals surface area contributed by atoms with Crippen molar-refractivity contribution in [1.82, 2.24) is 25.5 Å². The van der Waals surface area contributed by atoms with Gasteiger partial charge in [-0.1, -0.05) is 0 Å². The monoisotopic (exact) mass is 330 g/mol. The van der Waals surface area contributed by atoms with E-state index < -0.39 is 11.1 Å². The molecular weight excluding hydrogens is 312 g/mol. The minimum atomic E-state index is -0.465. The minimum Gasteiger partial charge on any atom is -0.351 e. The van der Waals surface area contributed by atoms with Gasteiger partial charge in [0.1, 0.15) is 0 Å². The third-order valence-electron chi connectivity index (χ3n) is 3.87. The molecule has 1 saturated heterocycles. The van der Waals surface area contributed by atoms with Gasteiger partial charge in [0.05, 0.1) is 6.42 Å². The van der Waals surface area contributed by atoms with Crippen LogP contribution in [0.15, 0.2) is 34.1 Å². The third-order valence-corrected chi connectivity index (χ3v) is 3.87. The van der Waals surface area contributed by atoms with Crippen LogP contribution in [0.25, 0.3) is 0 Å². The Kier molecular flexibility index (Phi) is 4.69. The highest BCUT2D eigenvalue weighted by molar-refractivity contribution is 5.78. The normalized spacial score (nSPS) is 17.5. The van der Waals surface area contributed by atoms with Crippen LogP contribution in [-0.4, -0.2) is 45.2 Å². The number of rotatable bonds is 4. The van der Waals surface area contributed by atoms with Gasteiger partial charge in [0.25, 0.3) is 11.1 Å². The van der Waals surface area contributed by atoms with E-state index in [0.29, 0.717) is 12.5 Å². The van der Waals surface area contributed by atoms with Gasteiger partial charge in [-0.15, -0.1) is 0 Å². The molecule has 24 heavy (non-hydrogen) atoms. The summed E-state index contributed by atoms with van der Waals surface area (Å²) in [6.07, 6.45) is 5.00.